The summed E-state index contributed by atoms with van der Waals surface area (Å²) in [7, 11) is 1.81. The number of benzene rings is 1. The molecule has 132 valence electrons. The van der Waals surface area contributed by atoms with E-state index in [2.05, 4.69) is 4.90 Å². The van der Waals surface area contributed by atoms with E-state index < -0.39 is 5.43 Å². The lowest BCUT2D eigenvalue weighted by Crippen LogP contribution is -2.41. The zero-order chi connectivity index (χ0) is 17.8. The summed E-state index contributed by atoms with van der Waals surface area (Å²) in [5.41, 5.74) is 0.469. The second kappa shape index (κ2) is 7.53. The number of hydrogen-bond acceptors (Lipinski definition) is 5. The highest BCUT2D eigenvalue weighted by Gasteiger charge is 2.28. The van der Waals surface area contributed by atoms with Gasteiger partial charge in [-0.1, -0.05) is 18.2 Å². The lowest BCUT2D eigenvalue weighted by Gasteiger charge is -2.32. The quantitative estimate of drug-likeness (QED) is 0.922. The number of carbonyl (C=O) groups is 1. The molecule has 6 heteroatoms. The number of para-hydroxylation sites is 1. The lowest BCUT2D eigenvalue weighted by molar-refractivity contribution is -0.123. The molecular weight excluding hydrogens is 320 g/mol. The lowest BCUT2D eigenvalue weighted by atomic mass is 9.95. The van der Waals surface area contributed by atoms with E-state index in [-0.39, 0.29) is 17.6 Å². The number of nitrogens with zero attached hydrogens (tertiary/aromatic N) is 2. The maximum atomic E-state index is 12.7. The van der Waals surface area contributed by atoms with Crippen LogP contribution in [0.1, 0.15) is 18.6 Å². The van der Waals surface area contributed by atoms with Gasteiger partial charge in [-0.05, 0) is 38.1 Å². The molecule has 1 fully saturated rings. The van der Waals surface area contributed by atoms with Gasteiger partial charge in [-0.25, -0.2) is 0 Å². The van der Waals surface area contributed by atoms with Crippen LogP contribution in [0.2, 0.25) is 0 Å². The van der Waals surface area contributed by atoms with Gasteiger partial charge < -0.3 is 14.4 Å². The molecule has 0 aliphatic carbocycles. The van der Waals surface area contributed by atoms with E-state index in [1.807, 2.05) is 37.4 Å². The van der Waals surface area contributed by atoms with Crippen molar-refractivity contribution in [1.82, 2.24) is 4.90 Å². The van der Waals surface area contributed by atoms with Gasteiger partial charge in [0.15, 0.2) is 5.75 Å². The minimum atomic E-state index is -0.434. The van der Waals surface area contributed by atoms with Crippen LogP contribution in [0.4, 0.5) is 5.69 Å². The van der Waals surface area contributed by atoms with E-state index in [0.717, 1.165) is 37.9 Å². The number of anilines is 1. The molecule has 0 unspecified atom stereocenters. The minimum Gasteiger partial charge on any atom is -0.502 e. The molecule has 0 atom stereocenters. The van der Waals surface area contributed by atoms with E-state index in [1.54, 1.807) is 4.90 Å². The first-order valence-electron chi connectivity index (χ1n) is 8.40. The van der Waals surface area contributed by atoms with E-state index in [0.29, 0.717) is 12.3 Å². The van der Waals surface area contributed by atoms with E-state index >= 15 is 0 Å². The normalized spacial score (nSPS) is 15.9. The molecule has 2 aromatic rings. The van der Waals surface area contributed by atoms with Crippen molar-refractivity contribution in [3.05, 3.63) is 58.6 Å². The highest BCUT2D eigenvalue weighted by molar-refractivity contribution is 5.94. The number of carbonyl (C=O) groups excluding carboxylic acids is 1. The van der Waals surface area contributed by atoms with Crippen molar-refractivity contribution < 1.29 is 14.3 Å². The van der Waals surface area contributed by atoms with Crippen LogP contribution in [0, 0.1) is 5.92 Å². The maximum Gasteiger partial charge on any atom is 0.229 e. The largest absolute Gasteiger partial charge is 0.502 e. The summed E-state index contributed by atoms with van der Waals surface area (Å²) in [5, 5.41) is 9.23. The third-order valence-corrected chi connectivity index (χ3v) is 4.66. The van der Waals surface area contributed by atoms with Crippen molar-refractivity contribution in [2.24, 2.45) is 5.92 Å². The summed E-state index contributed by atoms with van der Waals surface area (Å²) >= 11 is 0. The third-order valence-electron chi connectivity index (χ3n) is 4.66. The summed E-state index contributed by atoms with van der Waals surface area (Å²) in [6.07, 6.45) is 2.62. The minimum absolute atomic E-state index is 0.00767. The molecule has 2 heterocycles. The molecule has 6 nitrogen and oxygen atoms in total. The van der Waals surface area contributed by atoms with Gasteiger partial charge in [0.1, 0.15) is 12.0 Å². The Bertz CT molecular complexity index is 780. The number of rotatable bonds is 4. The maximum absolute atomic E-state index is 12.7. The Kier molecular flexibility index (Phi) is 5.19. The average Bonchev–Trinajstić information content (AvgIpc) is 2.65. The Morgan fingerprint density at radius 1 is 1.28 bits per heavy atom. The van der Waals surface area contributed by atoms with Gasteiger partial charge in [0.25, 0.3) is 0 Å². The molecule has 0 bridgehead atoms. The van der Waals surface area contributed by atoms with Crippen molar-refractivity contribution in [3.63, 3.8) is 0 Å². The number of amides is 1. The van der Waals surface area contributed by atoms with Crippen LogP contribution >= 0.6 is 0 Å². The summed E-state index contributed by atoms with van der Waals surface area (Å²) in [6.45, 7) is 2.04. The predicted molar refractivity (Wildman–Crippen MR) is 94.5 cm³/mol. The van der Waals surface area contributed by atoms with Crippen LogP contribution in [-0.4, -0.2) is 36.1 Å². The first kappa shape index (κ1) is 17.2. The molecule has 3 rings (SSSR count). The number of hydrogen-bond donors (Lipinski definition) is 1. The Balaban J connectivity index is 1.55. The molecule has 1 aliphatic rings. The zero-order valence-electron chi connectivity index (χ0n) is 14.2. The van der Waals surface area contributed by atoms with Crippen molar-refractivity contribution >= 4 is 11.6 Å². The van der Waals surface area contributed by atoms with E-state index in [4.69, 9.17) is 4.42 Å². The van der Waals surface area contributed by atoms with Crippen LogP contribution < -0.4 is 10.3 Å². The predicted octanol–water partition coefficient (Wildman–Crippen LogP) is 2.22. The average molecular weight is 342 g/mol. The summed E-state index contributed by atoms with van der Waals surface area (Å²) in [5.74, 6) is 0.293. The van der Waals surface area contributed by atoms with Crippen LogP contribution in [0.5, 0.6) is 5.75 Å². The number of piperidine rings is 1. The number of aromatic hydroxyl groups is 1. The second-order valence-electron chi connectivity index (χ2n) is 6.38. The van der Waals surface area contributed by atoms with Crippen molar-refractivity contribution in [1.29, 1.82) is 0 Å². The van der Waals surface area contributed by atoms with Gasteiger partial charge in [0, 0.05) is 24.7 Å². The first-order valence-corrected chi connectivity index (χ1v) is 8.40. The Morgan fingerprint density at radius 3 is 2.60 bits per heavy atom. The molecular formula is C19H22N2O4. The highest BCUT2D eigenvalue weighted by atomic mass is 16.4. The molecule has 25 heavy (non-hydrogen) atoms. The fourth-order valence-electron chi connectivity index (χ4n) is 3.14. The fraction of sp³-hybridized carbons (Fsp3) is 0.368. The zero-order valence-corrected chi connectivity index (χ0v) is 14.2. The Morgan fingerprint density at radius 2 is 1.96 bits per heavy atom. The van der Waals surface area contributed by atoms with Crippen LogP contribution in [0.25, 0.3) is 0 Å². The molecule has 1 aliphatic heterocycles. The van der Waals surface area contributed by atoms with Gasteiger partial charge in [0.05, 0.1) is 6.54 Å². The highest BCUT2D eigenvalue weighted by Crippen LogP contribution is 2.23. The Hall–Kier alpha value is -2.60. The van der Waals surface area contributed by atoms with Gasteiger partial charge >= 0.3 is 0 Å². The third kappa shape index (κ3) is 4.09. The SMILES string of the molecule is CN(C(=O)C1CCN(Cc2cc(=O)c(O)co2)CC1)c1ccccc1. The molecule has 0 radical (unpaired) electrons. The summed E-state index contributed by atoms with van der Waals surface area (Å²) < 4.78 is 5.25. The van der Waals surface area contributed by atoms with Crippen molar-refractivity contribution in [2.45, 2.75) is 19.4 Å². The number of likely N-dealkylation sites (tertiary alicyclic amines) is 1. The van der Waals surface area contributed by atoms with E-state index in [9.17, 15) is 14.7 Å². The molecule has 1 aromatic heterocycles. The van der Waals surface area contributed by atoms with Gasteiger partial charge in [-0.2, -0.15) is 0 Å². The molecule has 1 aromatic carbocycles. The first-order chi connectivity index (χ1) is 12.0. The van der Waals surface area contributed by atoms with Gasteiger partial charge in [-0.3, -0.25) is 14.5 Å². The van der Waals surface area contributed by atoms with Crippen LogP contribution in [-0.2, 0) is 11.3 Å². The molecule has 1 amide bonds. The van der Waals surface area contributed by atoms with Crippen molar-refractivity contribution in [3.8, 4) is 5.75 Å². The molecule has 1 N–H and O–H groups in total. The second-order valence-corrected chi connectivity index (χ2v) is 6.38. The van der Waals surface area contributed by atoms with E-state index in [1.165, 1.54) is 6.07 Å². The summed E-state index contributed by atoms with van der Waals surface area (Å²) in [6, 6.07) is 11.0. The molecule has 1 saturated heterocycles. The fourth-order valence-corrected chi connectivity index (χ4v) is 3.14. The van der Waals surface area contributed by atoms with Crippen LogP contribution in [0.15, 0.2) is 51.9 Å². The van der Waals surface area contributed by atoms with Gasteiger partial charge in [-0.15, -0.1) is 0 Å². The standard InChI is InChI=1S/C19H22N2O4/c1-20(15-5-3-2-4-6-15)19(24)14-7-9-21(10-8-14)12-16-11-17(22)18(23)13-25-16/h2-6,11,13-14,23H,7-10,12H2,1H3. The molecule has 0 saturated carbocycles. The van der Waals surface area contributed by atoms with Crippen molar-refractivity contribution in [2.75, 3.05) is 25.0 Å². The smallest absolute Gasteiger partial charge is 0.229 e. The van der Waals surface area contributed by atoms with Crippen LogP contribution in [0.3, 0.4) is 0 Å². The monoisotopic (exact) mass is 342 g/mol. The Labute approximate surface area is 146 Å². The summed E-state index contributed by atoms with van der Waals surface area (Å²) in [4.78, 5) is 28.0. The van der Waals surface area contributed by atoms with Gasteiger partial charge in [0.2, 0.25) is 11.3 Å². The molecule has 0 spiro atoms. The topological polar surface area (TPSA) is 74.0 Å².